The molecule has 8 heteroatoms. The fourth-order valence-corrected chi connectivity index (χ4v) is 2.30. The van der Waals surface area contributed by atoms with Crippen molar-refractivity contribution in [1.29, 1.82) is 0 Å². The molecule has 1 fully saturated rings. The van der Waals surface area contributed by atoms with Gasteiger partial charge in [-0.25, -0.2) is 9.78 Å². The maximum atomic E-state index is 11.7. The van der Waals surface area contributed by atoms with Gasteiger partial charge < -0.3 is 21.1 Å². The molecule has 100 valence electrons. The van der Waals surface area contributed by atoms with Gasteiger partial charge in [0.2, 0.25) is 5.95 Å². The van der Waals surface area contributed by atoms with Crippen molar-refractivity contribution in [2.24, 2.45) is 5.92 Å². The summed E-state index contributed by atoms with van der Waals surface area (Å²) in [4.78, 5) is 18.9. The number of rotatable bonds is 2. The van der Waals surface area contributed by atoms with Crippen molar-refractivity contribution in [2.45, 2.75) is 31.1 Å². The van der Waals surface area contributed by atoms with E-state index >= 15 is 0 Å². The van der Waals surface area contributed by atoms with Crippen LogP contribution < -0.4 is 11.4 Å². The Morgan fingerprint density at radius 3 is 2.72 bits per heavy atom. The molecule has 0 spiro atoms. The zero-order valence-corrected chi connectivity index (χ0v) is 9.68. The molecule has 0 bridgehead atoms. The van der Waals surface area contributed by atoms with Crippen LogP contribution in [0.1, 0.15) is 18.9 Å². The predicted molar refractivity (Wildman–Crippen MR) is 61.6 cm³/mol. The monoisotopic (exact) mass is 256 g/mol. The van der Waals surface area contributed by atoms with Gasteiger partial charge in [-0.15, -0.1) is 0 Å². The molecule has 1 heterocycles. The average Bonchev–Trinajstić information content (AvgIpc) is 2.30. The highest BCUT2D eigenvalue weighted by Crippen LogP contribution is 2.31. The van der Waals surface area contributed by atoms with Crippen molar-refractivity contribution in [2.75, 3.05) is 12.3 Å². The van der Waals surface area contributed by atoms with Gasteiger partial charge in [-0.2, -0.15) is 4.98 Å². The van der Waals surface area contributed by atoms with Crippen molar-refractivity contribution in [1.82, 2.24) is 14.5 Å². The lowest BCUT2D eigenvalue weighted by molar-refractivity contribution is -0.0461. The number of nitrogens with two attached hydrogens (primary N) is 1. The number of hydrogen-bond donors (Lipinski definition) is 4. The van der Waals surface area contributed by atoms with Crippen LogP contribution in [0.4, 0.5) is 5.95 Å². The Morgan fingerprint density at radius 2 is 2.11 bits per heavy atom. The van der Waals surface area contributed by atoms with E-state index in [0.717, 1.165) is 0 Å². The molecule has 1 saturated carbocycles. The van der Waals surface area contributed by atoms with Crippen molar-refractivity contribution < 1.29 is 15.3 Å². The molecule has 4 atom stereocenters. The van der Waals surface area contributed by atoms with Crippen molar-refractivity contribution in [3.8, 4) is 0 Å². The molecule has 0 saturated heterocycles. The van der Waals surface area contributed by atoms with Crippen LogP contribution in [0.15, 0.2) is 11.1 Å². The highest BCUT2D eigenvalue weighted by molar-refractivity contribution is 5.10. The molecule has 0 aliphatic heterocycles. The Hall–Kier alpha value is -1.51. The summed E-state index contributed by atoms with van der Waals surface area (Å²) in [5, 5.41) is 28.7. The molecule has 1 aromatic heterocycles. The summed E-state index contributed by atoms with van der Waals surface area (Å²) in [5.41, 5.74) is 4.69. The Labute approximate surface area is 103 Å². The third-order valence-corrected chi connectivity index (χ3v) is 3.35. The average molecular weight is 256 g/mol. The SMILES string of the molecule is Nc1ncn([C@@H]2C[C@H](CO)C(O)C[C@@H]2O)c(=O)n1. The van der Waals surface area contributed by atoms with Gasteiger partial charge in [0.25, 0.3) is 0 Å². The normalized spacial score (nSPS) is 32.4. The second-order valence-corrected chi connectivity index (χ2v) is 4.52. The van der Waals surface area contributed by atoms with Gasteiger partial charge in [0.05, 0.1) is 18.2 Å². The summed E-state index contributed by atoms with van der Waals surface area (Å²) in [6.07, 6.45) is -0.0389. The lowest BCUT2D eigenvalue weighted by Crippen LogP contribution is -2.44. The van der Waals surface area contributed by atoms with E-state index in [9.17, 15) is 15.0 Å². The van der Waals surface area contributed by atoms with Gasteiger partial charge in [-0.1, -0.05) is 0 Å². The number of aromatic nitrogens is 3. The molecule has 2 rings (SSSR count). The molecule has 0 radical (unpaired) electrons. The number of aliphatic hydroxyl groups excluding tert-OH is 3. The van der Waals surface area contributed by atoms with Crippen LogP contribution in [0.5, 0.6) is 0 Å². The topological polar surface area (TPSA) is 134 Å². The first-order valence-corrected chi connectivity index (χ1v) is 5.70. The smallest absolute Gasteiger partial charge is 0.352 e. The van der Waals surface area contributed by atoms with Gasteiger partial charge in [-0.05, 0) is 6.42 Å². The Bertz CT molecular complexity index is 477. The fourth-order valence-electron chi connectivity index (χ4n) is 2.30. The van der Waals surface area contributed by atoms with Crippen LogP contribution in [0.3, 0.4) is 0 Å². The third-order valence-electron chi connectivity index (χ3n) is 3.35. The Morgan fingerprint density at radius 1 is 1.39 bits per heavy atom. The molecule has 1 aliphatic carbocycles. The minimum Gasteiger partial charge on any atom is -0.396 e. The van der Waals surface area contributed by atoms with Crippen LogP contribution in [0.25, 0.3) is 0 Å². The summed E-state index contributed by atoms with van der Waals surface area (Å²) in [6.45, 7) is -0.199. The zero-order chi connectivity index (χ0) is 13.3. The maximum Gasteiger partial charge on any atom is 0.352 e. The molecule has 18 heavy (non-hydrogen) atoms. The van der Waals surface area contributed by atoms with Crippen LogP contribution in [0.2, 0.25) is 0 Å². The summed E-state index contributed by atoms with van der Waals surface area (Å²) < 4.78 is 1.19. The first kappa shape index (κ1) is 12.9. The predicted octanol–water partition coefficient (Wildman–Crippen LogP) is -2.11. The first-order chi connectivity index (χ1) is 8.52. The second-order valence-electron chi connectivity index (χ2n) is 4.52. The molecule has 5 N–H and O–H groups in total. The van der Waals surface area contributed by atoms with E-state index in [2.05, 4.69) is 9.97 Å². The van der Waals surface area contributed by atoms with E-state index in [1.807, 2.05) is 0 Å². The molecule has 1 aliphatic rings. The highest BCUT2D eigenvalue weighted by Gasteiger charge is 2.36. The zero-order valence-electron chi connectivity index (χ0n) is 9.68. The summed E-state index contributed by atoms with van der Waals surface area (Å²) in [7, 11) is 0. The Kier molecular flexibility index (Phi) is 3.60. The van der Waals surface area contributed by atoms with Gasteiger partial charge in [0.15, 0.2) is 0 Å². The fraction of sp³-hybridized carbons (Fsp3) is 0.700. The van der Waals surface area contributed by atoms with Crippen LogP contribution >= 0.6 is 0 Å². The number of nitrogen functional groups attached to an aromatic ring is 1. The number of aliphatic hydroxyl groups is 3. The number of nitrogens with zero attached hydrogens (tertiary/aromatic N) is 3. The minimum atomic E-state index is -0.882. The molecular formula is C10H16N4O4. The lowest BCUT2D eigenvalue weighted by Gasteiger charge is -2.36. The lowest BCUT2D eigenvalue weighted by atomic mass is 9.82. The largest absolute Gasteiger partial charge is 0.396 e. The third kappa shape index (κ3) is 2.35. The van der Waals surface area contributed by atoms with Crippen molar-refractivity contribution in [3.63, 3.8) is 0 Å². The molecule has 8 nitrogen and oxygen atoms in total. The summed E-state index contributed by atoms with van der Waals surface area (Å²) >= 11 is 0. The van der Waals surface area contributed by atoms with E-state index in [-0.39, 0.29) is 31.3 Å². The quantitative estimate of drug-likeness (QED) is 0.475. The summed E-state index contributed by atoms with van der Waals surface area (Å²) in [5.74, 6) is -0.497. The molecule has 0 amide bonds. The van der Waals surface area contributed by atoms with Crippen LogP contribution in [-0.4, -0.2) is 48.7 Å². The van der Waals surface area contributed by atoms with E-state index in [1.165, 1.54) is 10.9 Å². The minimum absolute atomic E-state index is 0.104. The van der Waals surface area contributed by atoms with Crippen molar-refractivity contribution in [3.05, 3.63) is 16.8 Å². The van der Waals surface area contributed by atoms with Crippen molar-refractivity contribution >= 4 is 5.95 Å². The molecule has 1 aromatic rings. The molecular weight excluding hydrogens is 240 g/mol. The maximum absolute atomic E-state index is 11.7. The first-order valence-electron chi connectivity index (χ1n) is 5.70. The van der Waals surface area contributed by atoms with Crippen LogP contribution in [0, 0.1) is 5.92 Å². The van der Waals surface area contributed by atoms with Crippen LogP contribution in [-0.2, 0) is 0 Å². The number of hydrogen-bond acceptors (Lipinski definition) is 7. The van der Waals surface area contributed by atoms with Gasteiger partial charge in [0.1, 0.15) is 6.33 Å². The van der Waals surface area contributed by atoms with E-state index < -0.39 is 23.9 Å². The van der Waals surface area contributed by atoms with E-state index in [4.69, 9.17) is 10.8 Å². The summed E-state index contributed by atoms with van der Waals surface area (Å²) in [6, 6.07) is -0.557. The number of anilines is 1. The molecule has 0 aromatic carbocycles. The highest BCUT2D eigenvalue weighted by atomic mass is 16.3. The van der Waals surface area contributed by atoms with Gasteiger partial charge >= 0.3 is 5.69 Å². The van der Waals surface area contributed by atoms with E-state index in [1.54, 1.807) is 0 Å². The van der Waals surface area contributed by atoms with E-state index in [0.29, 0.717) is 0 Å². The molecule has 1 unspecified atom stereocenters. The standard InChI is InChI=1S/C10H16N4O4/c11-9-12-4-14(10(18)13-9)6-1-5(3-15)7(16)2-8(6)17/h4-8,15-17H,1-3H2,(H2,11,13,18)/t5-,6-,7?,8+/m1/s1. The second kappa shape index (κ2) is 5.01. The van der Waals surface area contributed by atoms with Gasteiger partial charge in [-0.3, -0.25) is 4.57 Å². The Balaban J connectivity index is 2.29. The van der Waals surface area contributed by atoms with Gasteiger partial charge in [0, 0.05) is 18.9 Å².